The summed E-state index contributed by atoms with van der Waals surface area (Å²) >= 11 is 0. The van der Waals surface area contributed by atoms with E-state index < -0.39 is 0 Å². The molecule has 3 heterocycles. The predicted molar refractivity (Wildman–Crippen MR) is 104 cm³/mol. The largest absolute Gasteiger partial charge is 0.377 e. The van der Waals surface area contributed by atoms with E-state index in [1.165, 1.54) is 4.68 Å². The Morgan fingerprint density at radius 1 is 1.29 bits per heavy atom. The van der Waals surface area contributed by atoms with Crippen LogP contribution >= 0.6 is 0 Å². The number of ether oxygens (including phenoxy) is 1. The Kier molecular flexibility index (Phi) is 4.24. The molecule has 1 aliphatic heterocycles. The van der Waals surface area contributed by atoms with Crippen LogP contribution in [0.3, 0.4) is 0 Å². The zero-order valence-electron chi connectivity index (χ0n) is 15.5. The van der Waals surface area contributed by atoms with Gasteiger partial charge in [-0.1, -0.05) is 18.2 Å². The van der Waals surface area contributed by atoms with Gasteiger partial charge in [0.25, 0.3) is 5.56 Å². The number of aromatic nitrogens is 3. The number of aromatic amines is 1. The molecule has 7 heteroatoms. The SMILES string of the molecule is O=C(Cc1c[nH]c2ccccc12)NC1COCC1n1nc2c(cc1=O)CCC2. The van der Waals surface area contributed by atoms with Gasteiger partial charge in [-0.3, -0.25) is 9.59 Å². The molecule has 2 atom stereocenters. The Hall–Kier alpha value is -2.93. The van der Waals surface area contributed by atoms with Crippen molar-refractivity contribution in [2.24, 2.45) is 0 Å². The normalized spacial score (nSPS) is 21.1. The van der Waals surface area contributed by atoms with Crippen molar-refractivity contribution in [3.63, 3.8) is 0 Å². The Labute approximate surface area is 161 Å². The van der Waals surface area contributed by atoms with Crippen LogP contribution < -0.4 is 10.9 Å². The fourth-order valence-electron chi connectivity index (χ4n) is 4.28. The van der Waals surface area contributed by atoms with Crippen molar-refractivity contribution >= 4 is 16.8 Å². The maximum atomic E-state index is 12.7. The van der Waals surface area contributed by atoms with Crippen LogP contribution in [-0.2, 0) is 28.8 Å². The quantitative estimate of drug-likeness (QED) is 0.720. The Bertz CT molecular complexity index is 1100. The summed E-state index contributed by atoms with van der Waals surface area (Å²) in [5.74, 6) is -0.0838. The van der Waals surface area contributed by atoms with Crippen LogP contribution in [0, 0.1) is 0 Å². The van der Waals surface area contributed by atoms with Crippen molar-refractivity contribution in [2.45, 2.75) is 37.8 Å². The van der Waals surface area contributed by atoms with Gasteiger partial charge in [0.1, 0.15) is 6.04 Å². The summed E-state index contributed by atoms with van der Waals surface area (Å²) in [6.07, 6.45) is 5.02. The van der Waals surface area contributed by atoms with Crippen molar-refractivity contribution in [1.82, 2.24) is 20.1 Å². The summed E-state index contributed by atoms with van der Waals surface area (Å²) in [6.45, 7) is 0.763. The zero-order valence-corrected chi connectivity index (χ0v) is 15.5. The first kappa shape index (κ1) is 17.2. The second kappa shape index (κ2) is 6.91. The molecule has 28 heavy (non-hydrogen) atoms. The lowest BCUT2D eigenvalue weighted by molar-refractivity contribution is -0.121. The summed E-state index contributed by atoms with van der Waals surface area (Å²) in [7, 11) is 0. The fraction of sp³-hybridized carbons (Fsp3) is 0.381. The van der Waals surface area contributed by atoms with Crippen LogP contribution in [0.1, 0.15) is 29.3 Å². The minimum Gasteiger partial charge on any atom is -0.377 e. The molecule has 0 bridgehead atoms. The molecule has 7 nitrogen and oxygen atoms in total. The van der Waals surface area contributed by atoms with Crippen LogP contribution in [0.25, 0.3) is 10.9 Å². The van der Waals surface area contributed by atoms with Gasteiger partial charge in [0, 0.05) is 23.2 Å². The summed E-state index contributed by atoms with van der Waals surface area (Å²) in [6, 6.07) is 9.08. The van der Waals surface area contributed by atoms with E-state index in [1.807, 2.05) is 30.5 Å². The summed E-state index contributed by atoms with van der Waals surface area (Å²) in [5, 5.41) is 8.67. The Balaban J connectivity index is 1.33. The second-order valence-corrected chi connectivity index (χ2v) is 7.57. The fourth-order valence-corrected chi connectivity index (χ4v) is 4.28. The maximum Gasteiger partial charge on any atom is 0.267 e. The van der Waals surface area contributed by atoms with Gasteiger partial charge in [-0.05, 0) is 36.5 Å². The average Bonchev–Trinajstić information content (AvgIpc) is 3.41. The third-order valence-corrected chi connectivity index (χ3v) is 5.72. The smallest absolute Gasteiger partial charge is 0.267 e. The van der Waals surface area contributed by atoms with E-state index in [1.54, 1.807) is 6.07 Å². The summed E-state index contributed by atoms with van der Waals surface area (Å²) in [4.78, 5) is 28.4. The molecule has 0 saturated carbocycles. The van der Waals surface area contributed by atoms with Crippen molar-refractivity contribution in [1.29, 1.82) is 0 Å². The third-order valence-electron chi connectivity index (χ3n) is 5.72. The molecule has 5 rings (SSSR count). The van der Waals surface area contributed by atoms with E-state index in [4.69, 9.17) is 4.74 Å². The minimum absolute atomic E-state index is 0.0838. The number of aryl methyl sites for hydroxylation is 2. The van der Waals surface area contributed by atoms with Gasteiger partial charge >= 0.3 is 0 Å². The van der Waals surface area contributed by atoms with Crippen molar-refractivity contribution in [3.8, 4) is 0 Å². The molecule has 2 aromatic heterocycles. The van der Waals surface area contributed by atoms with Crippen molar-refractivity contribution < 1.29 is 9.53 Å². The molecule has 1 fully saturated rings. The van der Waals surface area contributed by atoms with E-state index in [0.29, 0.717) is 13.2 Å². The molecule has 144 valence electrons. The lowest BCUT2D eigenvalue weighted by Crippen LogP contribution is -2.44. The lowest BCUT2D eigenvalue weighted by atomic mass is 10.1. The van der Waals surface area contributed by atoms with Crippen LogP contribution in [0.2, 0.25) is 0 Å². The molecule has 1 aliphatic carbocycles. The van der Waals surface area contributed by atoms with Gasteiger partial charge in [0.15, 0.2) is 0 Å². The number of rotatable bonds is 4. The van der Waals surface area contributed by atoms with Gasteiger partial charge in [0.2, 0.25) is 5.91 Å². The lowest BCUT2D eigenvalue weighted by Gasteiger charge is -2.21. The summed E-state index contributed by atoms with van der Waals surface area (Å²) in [5.41, 5.74) is 3.90. The van der Waals surface area contributed by atoms with Gasteiger partial charge in [-0.15, -0.1) is 0 Å². The highest BCUT2D eigenvalue weighted by Gasteiger charge is 2.33. The van der Waals surface area contributed by atoms with E-state index in [2.05, 4.69) is 15.4 Å². The topological polar surface area (TPSA) is 89.0 Å². The molecule has 0 radical (unpaired) electrons. The Morgan fingerprint density at radius 2 is 2.18 bits per heavy atom. The number of hydrogen-bond acceptors (Lipinski definition) is 4. The molecule has 1 saturated heterocycles. The molecular formula is C21H22N4O3. The average molecular weight is 378 g/mol. The Morgan fingerprint density at radius 3 is 3.11 bits per heavy atom. The van der Waals surface area contributed by atoms with E-state index in [9.17, 15) is 9.59 Å². The number of H-pyrrole nitrogens is 1. The number of carbonyl (C=O) groups excluding carboxylic acids is 1. The summed E-state index contributed by atoms with van der Waals surface area (Å²) < 4.78 is 7.09. The first-order valence-corrected chi connectivity index (χ1v) is 9.73. The van der Waals surface area contributed by atoms with E-state index in [0.717, 1.165) is 47.0 Å². The number of fused-ring (bicyclic) bond motifs is 2. The van der Waals surface area contributed by atoms with E-state index >= 15 is 0 Å². The molecule has 3 aromatic rings. The predicted octanol–water partition coefficient (Wildman–Crippen LogP) is 1.51. The molecule has 2 unspecified atom stereocenters. The van der Waals surface area contributed by atoms with Crippen molar-refractivity contribution in [2.75, 3.05) is 13.2 Å². The third kappa shape index (κ3) is 3.01. The number of nitrogens with zero attached hydrogens (tertiary/aromatic N) is 2. The van der Waals surface area contributed by atoms with Gasteiger partial charge in [-0.2, -0.15) is 5.10 Å². The first-order valence-electron chi connectivity index (χ1n) is 9.73. The maximum absolute atomic E-state index is 12.7. The number of amides is 1. The number of carbonyl (C=O) groups is 1. The zero-order chi connectivity index (χ0) is 19.1. The monoisotopic (exact) mass is 378 g/mol. The molecular weight excluding hydrogens is 356 g/mol. The second-order valence-electron chi connectivity index (χ2n) is 7.57. The number of para-hydroxylation sites is 1. The molecule has 1 amide bonds. The highest BCUT2D eigenvalue weighted by Crippen LogP contribution is 2.22. The number of benzene rings is 1. The van der Waals surface area contributed by atoms with E-state index in [-0.39, 0.29) is 30.0 Å². The minimum atomic E-state index is -0.273. The highest BCUT2D eigenvalue weighted by atomic mass is 16.5. The molecule has 2 N–H and O–H groups in total. The van der Waals surface area contributed by atoms with Gasteiger partial charge < -0.3 is 15.0 Å². The van der Waals surface area contributed by atoms with Gasteiger partial charge in [0.05, 0.1) is 31.4 Å². The van der Waals surface area contributed by atoms with Gasteiger partial charge in [-0.25, -0.2) is 4.68 Å². The van der Waals surface area contributed by atoms with Crippen LogP contribution in [0.15, 0.2) is 41.3 Å². The van der Waals surface area contributed by atoms with Crippen LogP contribution in [0.4, 0.5) is 0 Å². The number of hydrogen-bond donors (Lipinski definition) is 2. The first-order chi connectivity index (χ1) is 13.7. The molecule has 2 aliphatic rings. The molecule has 0 spiro atoms. The van der Waals surface area contributed by atoms with Crippen molar-refractivity contribution in [3.05, 3.63) is 63.7 Å². The van der Waals surface area contributed by atoms with Crippen LogP contribution in [-0.4, -0.2) is 39.9 Å². The number of nitrogens with one attached hydrogen (secondary N) is 2. The standard InChI is InChI=1S/C21H22N4O3/c26-20(8-14-10-22-17-6-2-1-5-15(14)17)23-18-11-28-12-19(18)25-21(27)9-13-4-3-7-16(13)24-25/h1-2,5-6,9-10,18-19,22H,3-4,7-8,11-12H2,(H,23,26). The molecule has 1 aromatic carbocycles. The van der Waals surface area contributed by atoms with Crippen LogP contribution in [0.5, 0.6) is 0 Å². The highest BCUT2D eigenvalue weighted by molar-refractivity contribution is 5.88.